The third kappa shape index (κ3) is 9.99. The van der Waals surface area contributed by atoms with Gasteiger partial charge in [0.25, 0.3) is 10.1 Å². The van der Waals surface area contributed by atoms with Gasteiger partial charge in [-0.05, 0) is 31.5 Å². The van der Waals surface area contributed by atoms with E-state index < -0.39 is 10.1 Å². The van der Waals surface area contributed by atoms with Gasteiger partial charge in [0.15, 0.2) is 0 Å². The Balaban J connectivity index is 0.000000505. The first-order valence-corrected chi connectivity index (χ1v) is 9.45. The predicted octanol–water partition coefficient (Wildman–Crippen LogP) is 2.82. The van der Waals surface area contributed by atoms with Crippen molar-refractivity contribution in [1.29, 1.82) is 0 Å². The zero-order valence-corrected chi connectivity index (χ0v) is 15.0. The van der Waals surface area contributed by atoms with Gasteiger partial charge in [-0.15, -0.1) is 0 Å². The van der Waals surface area contributed by atoms with E-state index in [1.165, 1.54) is 16.7 Å². The lowest BCUT2D eigenvalue weighted by atomic mass is 10.0. The first-order chi connectivity index (χ1) is 11.1. The van der Waals surface area contributed by atoms with Crippen LogP contribution in [-0.2, 0) is 16.5 Å². The van der Waals surface area contributed by atoms with Crippen molar-refractivity contribution in [3.05, 3.63) is 65.2 Å². The molecule has 0 bridgehead atoms. The summed E-state index contributed by atoms with van der Waals surface area (Å²) in [4.78, 5) is 0. The Hall–Kier alpha value is -1.89. The van der Waals surface area contributed by atoms with E-state index in [-0.39, 0.29) is 6.10 Å². The van der Waals surface area contributed by atoms with E-state index in [1.54, 1.807) is 0 Å². The molecule has 0 aliphatic carbocycles. The molecule has 0 radical (unpaired) electrons. The van der Waals surface area contributed by atoms with E-state index in [4.69, 9.17) is 4.55 Å². The van der Waals surface area contributed by atoms with Gasteiger partial charge >= 0.3 is 0 Å². The molecule has 1 atom stereocenters. The Bertz CT molecular complexity index is 702. The minimum Gasteiger partial charge on any atom is -0.391 e. The highest BCUT2D eigenvalue weighted by molar-refractivity contribution is 7.85. The second kappa shape index (κ2) is 9.42. The summed E-state index contributed by atoms with van der Waals surface area (Å²) in [5.74, 6) is 0. The highest BCUT2D eigenvalue weighted by atomic mass is 32.2. The van der Waals surface area contributed by atoms with Crippen LogP contribution in [0.2, 0.25) is 0 Å². The fourth-order valence-corrected chi connectivity index (χ4v) is 2.32. The van der Waals surface area contributed by atoms with Crippen LogP contribution in [0.3, 0.4) is 0 Å². The third-order valence-corrected chi connectivity index (χ3v) is 3.07. The van der Waals surface area contributed by atoms with Crippen LogP contribution in [0.15, 0.2) is 48.5 Å². The average molecular weight is 351 g/mol. The Kier molecular flexibility index (Phi) is 7.91. The summed E-state index contributed by atoms with van der Waals surface area (Å²) in [6, 6.07) is 16.4. The molecule has 0 heterocycles. The first-order valence-electron chi connectivity index (χ1n) is 7.60. The van der Waals surface area contributed by atoms with E-state index in [9.17, 15) is 13.5 Å². The molecular weight excluding hydrogens is 326 g/mol. The maximum atomic E-state index is 10.1. The summed E-state index contributed by atoms with van der Waals surface area (Å²) in [5, 5.41) is 13.3. The molecule has 0 aliphatic rings. The Morgan fingerprint density at radius 3 is 2.04 bits per heavy atom. The van der Waals surface area contributed by atoms with Gasteiger partial charge in [-0.1, -0.05) is 47.5 Å². The average Bonchev–Trinajstić information content (AvgIpc) is 2.43. The second-order valence-electron chi connectivity index (χ2n) is 5.83. The molecule has 2 rings (SSSR count). The van der Waals surface area contributed by atoms with Gasteiger partial charge in [-0.2, -0.15) is 8.42 Å². The van der Waals surface area contributed by atoms with Gasteiger partial charge in [0.1, 0.15) is 0 Å². The number of aryl methyl sites for hydroxylation is 2. The van der Waals surface area contributed by atoms with E-state index in [0.717, 1.165) is 5.69 Å². The Morgan fingerprint density at radius 1 is 1.04 bits per heavy atom. The molecule has 0 aromatic heterocycles. The first kappa shape index (κ1) is 20.2. The smallest absolute Gasteiger partial charge is 0.261 e. The molecule has 0 aliphatic heterocycles. The zero-order valence-electron chi connectivity index (χ0n) is 14.2. The van der Waals surface area contributed by atoms with Crippen LogP contribution in [0.1, 0.15) is 16.7 Å². The van der Waals surface area contributed by atoms with Crippen molar-refractivity contribution in [2.24, 2.45) is 0 Å². The molecular formula is C18H25NO4S. The molecule has 6 heteroatoms. The highest BCUT2D eigenvalue weighted by Gasteiger charge is 2.06. The van der Waals surface area contributed by atoms with Crippen molar-refractivity contribution < 1.29 is 18.1 Å². The van der Waals surface area contributed by atoms with E-state index in [0.29, 0.717) is 19.2 Å². The van der Waals surface area contributed by atoms with Crippen LogP contribution in [0, 0.1) is 13.8 Å². The number of aliphatic hydroxyl groups is 1. The van der Waals surface area contributed by atoms with Crippen molar-refractivity contribution in [2.75, 3.05) is 18.1 Å². The molecule has 0 saturated carbocycles. The minimum absolute atomic E-state index is 0.374. The SMILES string of the molecule is CS(=O)(=O)O.Cc1cc(C)cc(C[C@H](O)CNc2ccccc2)c1. The standard InChI is InChI=1S/C17H21NO.CH4O3S/c1-13-8-14(2)10-15(9-13)11-17(19)12-18-16-6-4-3-5-7-16;1-5(2,3)4/h3-10,17-19H,11-12H2,1-2H3;1H3,(H,2,3,4)/t17-;/m0./s1. The van der Waals surface area contributed by atoms with E-state index in [2.05, 4.69) is 37.4 Å². The lowest BCUT2D eigenvalue weighted by Gasteiger charge is -2.13. The molecule has 3 N–H and O–H groups in total. The van der Waals surface area contributed by atoms with Gasteiger partial charge in [-0.25, -0.2) is 0 Å². The summed E-state index contributed by atoms with van der Waals surface area (Å²) in [7, 11) is -3.67. The maximum absolute atomic E-state index is 10.1. The van der Waals surface area contributed by atoms with Crippen molar-refractivity contribution in [3.8, 4) is 0 Å². The number of aliphatic hydroxyl groups excluding tert-OH is 1. The highest BCUT2D eigenvalue weighted by Crippen LogP contribution is 2.12. The largest absolute Gasteiger partial charge is 0.391 e. The van der Waals surface area contributed by atoms with E-state index in [1.807, 2.05) is 30.3 Å². The number of para-hydroxylation sites is 1. The van der Waals surface area contributed by atoms with E-state index >= 15 is 0 Å². The fourth-order valence-electron chi connectivity index (χ4n) is 2.32. The molecule has 0 fully saturated rings. The van der Waals surface area contributed by atoms with Crippen molar-refractivity contribution in [1.82, 2.24) is 0 Å². The normalized spacial score (nSPS) is 12.0. The minimum atomic E-state index is -3.67. The maximum Gasteiger partial charge on any atom is 0.261 e. The van der Waals surface area contributed by atoms with Gasteiger partial charge in [0.05, 0.1) is 12.4 Å². The van der Waals surface area contributed by atoms with Crippen LogP contribution in [0.5, 0.6) is 0 Å². The lowest BCUT2D eigenvalue weighted by Crippen LogP contribution is -2.21. The number of benzene rings is 2. The molecule has 0 saturated heterocycles. The van der Waals surface area contributed by atoms with Crippen molar-refractivity contribution >= 4 is 15.8 Å². The fraction of sp³-hybridized carbons (Fsp3) is 0.333. The molecule has 132 valence electrons. The summed E-state index contributed by atoms with van der Waals surface area (Å²) in [6.07, 6.45) is 1.02. The van der Waals surface area contributed by atoms with Crippen LogP contribution in [0.4, 0.5) is 5.69 Å². The van der Waals surface area contributed by atoms with Gasteiger partial charge in [0, 0.05) is 18.7 Å². The summed E-state index contributed by atoms with van der Waals surface area (Å²) >= 11 is 0. The number of hydrogen-bond acceptors (Lipinski definition) is 4. The number of rotatable bonds is 5. The lowest BCUT2D eigenvalue weighted by molar-refractivity contribution is 0.188. The summed E-state index contributed by atoms with van der Waals surface area (Å²) < 4.78 is 25.9. The molecule has 0 spiro atoms. The number of hydrogen-bond donors (Lipinski definition) is 3. The van der Waals surface area contributed by atoms with Gasteiger partial charge < -0.3 is 10.4 Å². The van der Waals surface area contributed by atoms with Crippen LogP contribution in [-0.4, -0.2) is 37.0 Å². The van der Waals surface area contributed by atoms with Crippen molar-refractivity contribution in [2.45, 2.75) is 26.4 Å². The molecule has 0 unspecified atom stereocenters. The van der Waals surface area contributed by atoms with Crippen molar-refractivity contribution in [3.63, 3.8) is 0 Å². The molecule has 5 nitrogen and oxygen atoms in total. The molecule has 2 aromatic carbocycles. The van der Waals surface area contributed by atoms with Crippen LogP contribution < -0.4 is 5.32 Å². The van der Waals surface area contributed by atoms with Crippen LogP contribution >= 0.6 is 0 Å². The third-order valence-electron chi connectivity index (χ3n) is 3.07. The predicted molar refractivity (Wildman–Crippen MR) is 98.0 cm³/mol. The topological polar surface area (TPSA) is 86.6 Å². The molecule has 0 amide bonds. The molecule has 2 aromatic rings. The quantitative estimate of drug-likeness (QED) is 0.721. The van der Waals surface area contributed by atoms with Gasteiger partial charge in [0.2, 0.25) is 0 Å². The Morgan fingerprint density at radius 2 is 1.54 bits per heavy atom. The monoisotopic (exact) mass is 351 g/mol. The Labute approximate surface area is 144 Å². The van der Waals surface area contributed by atoms with Crippen LogP contribution in [0.25, 0.3) is 0 Å². The summed E-state index contributed by atoms with van der Waals surface area (Å²) in [6.45, 7) is 4.74. The second-order valence-corrected chi connectivity index (χ2v) is 7.30. The molecule has 24 heavy (non-hydrogen) atoms. The van der Waals surface area contributed by atoms with Gasteiger partial charge in [-0.3, -0.25) is 4.55 Å². The summed E-state index contributed by atoms with van der Waals surface area (Å²) in [5.41, 5.74) is 4.73. The number of nitrogens with one attached hydrogen (secondary N) is 1. The number of anilines is 1. The zero-order chi connectivity index (χ0) is 18.2.